The summed E-state index contributed by atoms with van der Waals surface area (Å²) in [5.41, 5.74) is 3.49. The molecule has 104 valence electrons. The van der Waals surface area contributed by atoms with Crippen LogP contribution < -0.4 is 4.90 Å². The molecule has 0 N–H and O–H groups in total. The van der Waals surface area contributed by atoms with Crippen molar-refractivity contribution in [1.82, 2.24) is 4.98 Å². The van der Waals surface area contributed by atoms with Crippen LogP contribution in [0.4, 0.5) is 5.69 Å². The van der Waals surface area contributed by atoms with Crippen LogP contribution in [-0.2, 0) is 6.54 Å². The lowest BCUT2D eigenvalue weighted by molar-refractivity contribution is 0.101. The maximum absolute atomic E-state index is 11.3. The summed E-state index contributed by atoms with van der Waals surface area (Å²) < 4.78 is 0. The number of carbonyl (C=O) groups excluding carboxylic acids is 1. The topological polar surface area (TPSA) is 33.2 Å². The zero-order valence-electron chi connectivity index (χ0n) is 11.9. The Bertz CT molecular complexity index is 640. The van der Waals surface area contributed by atoms with Crippen molar-refractivity contribution >= 4 is 23.1 Å². The van der Waals surface area contributed by atoms with Gasteiger partial charge in [-0.05, 0) is 44.2 Å². The van der Waals surface area contributed by atoms with E-state index in [1.807, 2.05) is 43.1 Å². The van der Waals surface area contributed by atoms with Gasteiger partial charge in [-0.3, -0.25) is 9.78 Å². The molecule has 0 atom stereocenters. The molecule has 20 heavy (non-hydrogen) atoms. The molecule has 0 unspecified atom stereocenters. The highest BCUT2D eigenvalue weighted by Gasteiger charge is 2.10. The van der Waals surface area contributed by atoms with Crippen LogP contribution in [0.1, 0.15) is 28.7 Å². The van der Waals surface area contributed by atoms with E-state index in [1.165, 1.54) is 6.92 Å². The Hall–Kier alpha value is -1.87. The van der Waals surface area contributed by atoms with Gasteiger partial charge in [-0.1, -0.05) is 17.7 Å². The van der Waals surface area contributed by atoms with Gasteiger partial charge in [0, 0.05) is 18.3 Å². The second-order valence-corrected chi connectivity index (χ2v) is 5.26. The standard InChI is InChI=1S/C16H17ClN2O/c1-11-5-4-6-14(18-11)10-19(3)16-8-7-13(12(2)20)9-15(16)17/h4-9H,10H2,1-3H3. The molecular weight excluding hydrogens is 272 g/mol. The van der Waals surface area contributed by atoms with Crippen LogP contribution in [0.15, 0.2) is 36.4 Å². The highest BCUT2D eigenvalue weighted by atomic mass is 35.5. The number of benzene rings is 1. The van der Waals surface area contributed by atoms with Gasteiger partial charge in [0.1, 0.15) is 0 Å². The van der Waals surface area contributed by atoms with Gasteiger partial charge in [0.15, 0.2) is 5.78 Å². The Morgan fingerprint density at radius 3 is 2.65 bits per heavy atom. The van der Waals surface area contributed by atoms with Gasteiger partial charge in [-0.25, -0.2) is 0 Å². The minimum absolute atomic E-state index is 0.0152. The lowest BCUT2D eigenvalue weighted by Crippen LogP contribution is -2.18. The quantitative estimate of drug-likeness (QED) is 0.801. The number of pyridine rings is 1. The minimum Gasteiger partial charge on any atom is -0.367 e. The van der Waals surface area contributed by atoms with Crippen LogP contribution in [0.2, 0.25) is 5.02 Å². The minimum atomic E-state index is 0.0152. The zero-order valence-corrected chi connectivity index (χ0v) is 12.6. The second kappa shape index (κ2) is 6.06. The summed E-state index contributed by atoms with van der Waals surface area (Å²) in [7, 11) is 1.96. The SMILES string of the molecule is CC(=O)c1ccc(N(C)Cc2cccc(C)n2)c(Cl)c1. The van der Waals surface area contributed by atoms with Gasteiger partial charge in [0.25, 0.3) is 0 Å². The average molecular weight is 289 g/mol. The third-order valence-electron chi connectivity index (χ3n) is 3.11. The Labute approximate surface area is 124 Å². The molecule has 0 saturated carbocycles. The number of ketones is 1. The molecular formula is C16H17ClN2O. The predicted octanol–water partition coefficient (Wildman–Crippen LogP) is 3.88. The maximum Gasteiger partial charge on any atom is 0.159 e. The number of halogens is 1. The summed E-state index contributed by atoms with van der Waals surface area (Å²) in [6.07, 6.45) is 0. The number of aryl methyl sites for hydroxylation is 1. The Morgan fingerprint density at radius 2 is 2.05 bits per heavy atom. The van der Waals surface area contributed by atoms with Crippen LogP contribution in [0.3, 0.4) is 0 Å². The number of nitrogens with zero attached hydrogens (tertiary/aromatic N) is 2. The summed E-state index contributed by atoms with van der Waals surface area (Å²) in [6, 6.07) is 11.3. The Morgan fingerprint density at radius 1 is 1.30 bits per heavy atom. The van der Waals surface area contributed by atoms with Crippen molar-refractivity contribution in [2.45, 2.75) is 20.4 Å². The number of Topliss-reactive ketones (excluding diaryl/α,β-unsaturated/α-hetero) is 1. The van der Waals surface area contributed by atoms with E-state index in [-0.39, 0.29) is 5.78 Å². The third-order valence-corrected chi connectivity index (χ3v) is 3.41. The number of hydrogen-bond acceptors (Lipinski definition) is 3. The van der Waals surface area contributed by atoms with E-state index in [2.05, 4.69) is 4.98 Å². The van der Waals surface area contributed by atoms with Crippen molar-refractivity contribution in [2.75, 3.05) is 11.9 Å². The molecule has 0 spiro atoms. The smallest absolute Gasteiger partial charge is 0.159 e. The molecule has 0 aliphatic rings. The molecule has 3 nitrogen and oxygen atoms in total. The molecule has 0 aliphatic carbocycles. The van der Waals surface area contributed by atoms with E-state index in [1.54, 1.807) is 12.1 Å². The summed E-state index contributed by atoms with van der Waals surface area (Å²) in [6.45, 7) is 4.17. The highest BCUT2D eigenvalue weighted by Crippen LogP contribution is 2.27. The molecule has 1 aromatic heterocycles. The van der Waals surface area contributed by atoms with Crippen LogP contribution >= 0.6 is 11.6 Å². The summed E-state index contributed by atoms with van der Waals surface area (Å²) in [4.78, 5) is 17.8. The molecule has 0 bridgehead atoms. The Balaban J connectivity index is 2.21. The van der Waals surface area contributed by atoms with Gasteiger partial charge >= 0.3 is 0 Å². The normalized spacial score (nSPS) is 10.4. The molecule has 0 saturated heterocycles. The predicted molar refractivity (Wildman–Crippen MR) is 82.5 cm³/mol. The molecule has 0 radical (unpaired) electrons. The number of rotatable bonds is 4. The highest BCUT2D eigenvalue weighted by molar-refractivity contribution is 6.33. The van der Waals surface area contributed by atoms with Gasteiger partial charge in [-0.2, -0.15) is 0 Å². The van der Waals surface area contributed by atoms with Crippen molar-refractivity contribution in [3.05, 3.63) is 58.4 Å². The fourth-order valence-corrected chi connectivity index (χ4v) is 2.38. The molecule has 4 heteroatoms. The van der Waals surface area contributed by atoms with Gasteiger partial charge < -0.3 is 4.90 Å². The lowest BCUT2D eigenvalue weighted by Gasteiger charge is -2.20. The first-order chi connectivity index (χ1) is 9.47. The van der Waals surface area contributed by atoms with E-state index in [9.17, 15) is 4.79 Å². The van der Waals surface area contributed by atoms with E-state index in [0.717, 1.165) is 17.1 Å². The van der Waals surface area contributed by atoms with Crippen LogP contribution in [-0.4, -0.2) is 17.8 Å². The maximum atomic E-state index is 11.3. The summed E-state index contributed by atoms with van der Waals surface area (Å²) in [5, 5.41) is 0.577. The molecule has 2 rings (SSSR count). The number of anilines is 1. The van der Waals surface area contributed by atoms with Crippen molar-refractivity contribution in [3.8, 4) is 0 Å². The van der Waals surface area contributed by atoms with Crippen molar-refractivity contribution in [2.24, 2.45) is 0 Å². The largest absolute Gasteiger partial charge is 0.367 e. The summed E-state index contributed by atoms with van der Waals surface area (Å²) >= 11 is 6.25. The van der Waals surface area contributed by atoms with E-state index in [4.69, 9.17) is 11.6 Å². The first-order valence-electron chi connectivity index (χ1n) is 6.41. The molecule has 0 fully saturated rings. The van der Waals surface area contributed by atoms with Crippen molar-refractivity contribution in [3.63, 3.8) is 0 Å². The number of hydrogen-bond donors (Lipinski definition) is 0. The van der Waals surface area contributed by atoms with Crippen molar-refractivity contribution in [1.29, 1.82) is 0 Å². The van der Waals surface area contributed by atoms with Gasteiger partial charge in [-0.15, -0.1) is 0 Å². The van der Waals surface area contributed by atoms with Gasteiger partial charge in [0.2, 0.25) is 0 Å². The molecule has 0 amide bonds. The number of aromatic nitrogens is 1. The van der Waals surface area contributed by atoms with Crippen LogP contribution in [0.25, 0.3) is 0 Å². The van der Waals surface area contributed by atoms with E-state index < -0.39 is 0 Å². The van der Waals surface area contributed by atoms with Crippen molar-refractivity contribution < 1.29 is 4.79 Å². The number of carbonyl (C=O) groups is 1. The zero-order chi connectivity index (χ0) is 14.7. The Kier molecular flexibility index (Phi) is 4.40. The summed E-state index contributed by atoms with van der Waals surface area (Å²) in [5.74, 6) is 0.0152. The molecule has 0 aliphatic heterocycles. The fraction of sp³-hybridized carbons (Fsp3) is 0.250. The second-order valence-electron chi connectivity index (χ2n) is 4.85. The third kappa shape index (κ3) is 3.36. The molecule has 1 heterocycles. The van der Waals surface area contributed by atoms with Gasteiger partial charge in [0.05, 0.1) is 22.9 Å². The molecule has 1 aromatic carbocycles. The lowest BCUT2D eigenvalue weighted by atomic mass is 10.1. The van der Waals surface area contributed by atoms with Crippen LogP contribution in [0, 0.1) is 6.92 Å². The van der Waals surface area contributed by atoms with E-state index >= 15 is 0 Å². The first-order valence-corrected chi connectivity index (χ1v) is 6.79. The average Bonchev–Trinajstić information content (AvgIpc) is 2.38. The molecule has 2 aromatic rings. The van der Waals surface area contributed by atoms with Crippen LogP contribution in [0.5, 0.6) is 0 Å². The monoisotopic (exact) mass is 288 g/mol. The van der Waals surface area contributed by atoms with E-state index in [0.29, 0.717) is 17.1 Å². The first kappa shape index (κ1) is 14.5. The fourth-order valence-electron chi connectivity index (χ4n) is 2.05.